The zero-order valence-corrected chi connectivity index (χ0v) is 12.7. The Labute approximate surface area is 124 Å². The minimum Gasteiger partial charge on any atom is -0.396 e. The van der Waals surface area contributed by atoms with Gasteiger partial charge in [0.1, 0.15) is 0 Å². The highest BCUT2D eigenvalue weighted by atomic mass is 16.2. The minimum atomic E-state index is 0.231. The molecule has 0 radical (unpaired) electrons. The van der Waals surface area contributed by atoms with Crippen LogP contribution < -0.4 is 0 Å². The van der Waals surface area contributed by atoms with Crippen molar-refractivity contribution in [1.29, 1.82) is 0 Å². The van der Waals surface area contributed by atoms with E-state index in [-0.39, 0.29) is 6.61 Å². The lowest BCUT2D eigenvalue weighted by Crippen LogP contribution is -1.98. The number of hydrogen-bond acceptors (Lipinski definition) is 1. The van der Waals surface area contributed by atoms with Crippen molar-refractivity contribution in [2.45, 2.75) is 45.4 Å². The lowest BCUT2D eigenvalue weighted by Gasteiger charge is -2.08. The van der Waals surface area contributed by atoms with Crippen LogP contribution in [0.4, 0.5) is 0 Å². The highest BCUT2D eigenvalue weighted by Gasteiger charge is 2.01. The molecule has 0 bridgehead atoms. The van der Waals surface area contributed by atoms with Crippen LogP contribution in [-0.4, -0.2) is 11.7 Å². The number of benzene rings is 1. The quantitative estimate of drug-likeness (QED) is 0.473. The maximum Gasteiger partial charge on any atom is 0.0465 e. The largest absolute Gasteiger partial charge is 0.396 e. The van der Waals surface area contributed by atoms with Crippen LogP contribution in [0.25, 0.3) is 0 Å². The Kier molecular flexibility index (Phi) is 9.60. The fourth-order valence-electron chi connectivity index (χ4n) is 2.22. The summed E-state index contributed by atoms with van der Waals surface area (Å²) < 4.78 is 0. The van der Waals surface area contributed by atoms with Crippen LogP contribution in [-0.2, 0) is 6.42 Å². The molecule has 0 aliphatic carbocycles. The van der Waals surface area contributed by atoms with E-state index in [1.165, 1.54) is 31.2 Å². The Hall–Kier alpha value is -1.34. The standard InChI is InChI=1S/C19H28O/c1-2-3-4-5-7-12-19(15-10-11-16-20)17-18-13-8-6-9-14-18/h6-10,12-15,19-20H,2-5,11,16-17H2,1H3/b12-7-,15-10-/t19-/m1/s1. The van der Waals surface area contributed by atoms with E-state index in [0.717, 1.165) is 12.8 Å². The number of allylic oxidation sites excluding steroid dienone is 3. The average molecular weight is 272 g/mol. The number of aliphatic hydroxyl groups excluding tert-OH is 1. The number of unbranched alkanes of at least 4 members (excludes halogenated alkanes) is 3. The highest BCUT2D eigenvalue weighted by Crippen LogP contribution is 2.13. The first-order chi connectivity index (χ1) is 9.86. The van der Waals surface area contributed by atoms with Crippen LogP contribution in [0.15, 0.2) is 54.6 Å². The molecule has 1 atom stereocenters. The van der Waals surface area contributed by atoms with Crippen molar-refractivity contribution >= 4 is 0 Å². The first kappa shape index (κ1) is 16.7. The summed E-state index contributed by atoms with van der Waals surface area (Å²) in [5.74, 6) is 0.436. The molecule has 0 saturated carbocycles. The Balaban J connectivity index is 2.51. The summed E-state index contributed by atoms with van der Waals surface area (Å²) >= 11 is 0. The molecule has 1 nitrogen and oxygen atoms in total. The molecule has 1 aromatic rings. The van der Waals surface area contributed by atoms with Gasteiger partial charge in [-0.15, -0.1) is 0 Å². The van der Waals surface area contributed by atoms with Crippen molar-refractivity contribution in [3.63, 3.8) is 0 Å². The molecule has 0 spiro atoms. The van der Waals surface area contributed by atoms with Crippen LogP contribution >= 0.6 is 0 Å². The average Bonchev–Trinajstić information content (AvgIpc) is 2.48. The summed E-state index contributed by atoms with van der Waals surface area (Å²) in [5, 5.41) is 8.87. The second kappa shape index (κ2) is 11.5. The summed E-state index contributed by atoms with van der Waals surface area (Å²) in [5.41, 5.74) is 1.37. The third-order valence-corrected chi connectivity index (χ3v) is 3.35. The van der Waals surface area contributed by atoms with E-state index in [4.69, 9.17) is 5.11 Å². The van der Waals surface area contributed by atoms with Crippen molar-refractivity contribution in [2.75, 3.05) is 6.61 Å². The van der Waals surface area contributed by atoms with Gasteiger partial charge < -0.3 is 5.11 Å². The Morgan fingerprint density at radius 1 is 1.00 bits per heavy atom. The summed E-state index contributed by atoms with van der Waals surface area (Å²) in [6.45, 7) is 2.47. The van der Waals surface area contributed by atoms with Gasteiger partial charge >= 0.3 is 0 Å². The molecule has 1 rings (SSSR count). The number of rotatable bonds is 10. The monoisotopic (exact) mass is 272 g/mol. The molecule has 0 aromatic heterocycles. The lowest BCUT2D eigenvalue weighted by molar-refractivity contribution is 0.302. The molecule has 0 aliphatic rings. The van der Waals surface area contributed by atoms with E-state index < -0.39 is 0 Å². The van der Waals surface area contributed by atoms with Gasteiger partial charge in [0.15, 0.2) is 0 Å². The lowest BCUT2D eigenvalue weighted by atomic mass is 9.97. The van der Waals surface area contributed by atoms with E-state index in [2.05, 4.69) is 61.6 Å². The van der Waals surface area contributed by atoms with Gasteiger partial charge in [0.05, 0.1) is 0 Å². The molecule has 1 aromatic carbocycles. The van der Waals surface area contributed by atoms with Crippen molar-refractivity contribution < 1.29 is 5.11 Å². The summed E-state index contributed by atoms with van der Waals surface area (Å²) in [7, 11) is 0. The summed E-state index contributed by atoms with van der Waals surface area (Å²) in [6.07, 6.45) is 15.8. The van der Waals surface area contributed by atoms with E-state index in [9.17, 15) is 0 Å². The van der Waals surface area contributed by atoms with Crippen molar-refractivity contribution in [3.05, 3.63) is 60.2 Å². The van der Waals surface area contributed by atoms with Gasteiger partial charge in [0.2, 0.25) is 0 Å². The number of hydrogen-bond donors (Lipinski definition) is 1. The summed E-state index contributed by atoms with van der Waals surface area (Å²) in [4.78, 5) is 0. The third-order valence-electron chi connectivity index (χ3n) is 3.35. The Morgan fingerprint density at radius 3 is 2.35 bits per heavy atom. The fraction of sp³-hybridized carbons (Fsp3) is 0.474. The molecule has 0 amide bonds. The maximum atomic E-state index is 8.87. The van der Waals surface area contributed by atoms with Gasteiger partial charge in [-0.25, -0.2) is 0 Å². The first-order valence-electron chi connectivity index (χ1n) is 7.85. The first-order valence-corrected chi connectivity index (χ1v) is 7.85. The molecule has 0 aliphatic heterocycles. The number of aliphatic hydroxyl groups is 1. The normalized spacial score (nSPS) is 13.3. The van der Waals surface area contributed by atoms with Crippen LogP contribution in [0.1, 0.15) is 44.6 Å². The van der Waals surface area contributed by atoms with Crippen LogP contribution in [0.2, 0.25) is 0 Å². The van der Waals surface area contributed by atoms with Gasteiger partial charge in [0, 0.05) is 6.61 Å². The molecule has 1 N–H and O–H groups in total. The van der Waals surface area contributed by atoms with Gasteiger partial charge in [-0.1, -0.05) is 74.4 Å². The van der Waals surface area contributed by atoms with Crippen LogP contribution in [0.5, 0.6) is 0 Å². The van der Waals surface area contributed by atoms with Crippen molar-refractivity contribution in [2.24, 2.45) is 5.92 Å². The Bertz CT molecular complexity index is 378. The smallest absolute Gasteiger partial charge is 0.0465 e. The SMILES string of the molecule is CCCCC/C=C\[C@H](/C=C\CCO)Cc1ccccc1. The molecule has 0 heterocycles. The summed E-state index contributed by atoms with van der Waals surface area (Å²) in [6, 6.07) is 10.6. The zero-order chi connectivity index (χ0) is 14.5. The minimum absolute atomic E-state index is 0.231. The maximum absolute atomic E-state index is 8.87. The molecule has 0 unspecified atom stereocenters. The highest BCUT2D eigenvalue weighted by molar-refractivity contribution is 5.18. The molecule has 110 valence electrons. The topological polar surface area (TPSA) is 20.2 Å². The van der Waals surface area contributed by atoms with Gasteiger partial charge in [0.25, 0.3) is 0 Å². The van der Waals surface area contributed by atoms with Gasteiger partial charge in [-0.2, -0.15) is 0 Å². The molecular formula is C19H28O. The predicted octanol–water partition coefficient (Wildman–Crippen LogP) is 4.92. The van der Waals surface area contributed by atoms with Crippen LogP contribution in [0.3, 0.4) is 0 Å². The zero-order valence-electron chi connectivity index (χ0n) is 12.7. The van der Waals surface area contributed by atoms with E-state index in [1.54, 1.807) is 0 Å². The fourth-order valence-corrected chi connectivity index (χ4v) is 2.22. The van der Waals surface area contributed by atoms with Crippen molar-refractivity contribution in [3.8, 4) is 0 Å². The van der Waals surface area contributed by atoms with Gasteiger partial charge in [-0.05, 0) is 37.2 Å². The predicted molar refractivity (Wildman–Crippen MR) is 87.8 cm³/mol. The second-order valence-electron chi connectivity index (χ2n) is 5.22. The second-order valence-corrected chi connectivity index (χ2v) is 5.22. The van der Waals surface area contributed by atoms with Crippen LogP contribution in [0, 0.1) is 5.92 Å². The van der Waals surface area contributed by atoms with E-state index in [0.29, 0.717) is 5.92 Å². The molecular weight excluding hydrogens is 244 g/mol. The van der Waals surface area contributed by atoms with Gasteiger partial charge in [-0.3, -0.25) is 0 Å². The molecule has 20 heavy (non-hydrogen) atoms. The molecule has 0 fully saturated rings. The Morgan fingerprint density at radius 2 is 1.70 bits per heavy atom. The molecule has 0 saturated heterocycles. The van der Waals surface area contributed by atoms with Crippen molar-refractivity contribution in [1.82, 2.24) is 0 Å². The van der Waals surface area contributed by atoms with E-state index >= 15 is 0 Å². The molecule has 1 heteroatoms. The van der Waals surface area contributed by atoms with E-state index in [1.807, 2.05) is 0 Å². The third kappa shape index (κ3) is 7.96.